The average molecular weight is 652 g/mol. The van der Waals surface area contributed by atoms with Gasteiger partial charge < -0.3 is 37.4 Å². The third-order valence-electron chi connectivity index (χ3n) is 7.51. The largest absolute Gasteiger partial charge is 0.480 e. The molecule has 0 saturated carbocycles. The summed E-state index contributed by atoms with van der Waals surface area (Å²) in [5.74, 6) is -3.83. The van der Waals surface area contributed by atoms with Crippen molar-refractivity contribution in [2.45, 2.75) is 116 Å². The lowest BCUT2D eigenvalue weighted by Gasteiger charge is -2.43. The van der Waals surface area contributed by atoms with Crippen molar-refractivity contribution in [1.82, 2.24) is 25.8 Å². The van der Waals surface area contributed by atoms with Crippen LogP contribution in [-0.2, 0) is 28.8 Å². The number of nitrogens with one attached hydrogen (secondary N) is 3. The summed E-state index contributed by atoms with van der Waals surface area (Å²) in [6.07, 6.45) is 5.71. The standard InChI is InChI=1S/C31H53N7O8/c1-20(2)26(38(31(3,4)5)25(41)14-7-6-10-19-37-23(39)15-16-24(37)40)28(43)35-21(13-11-18-34-30(33)46)27(42)36-22(29(44)45)12-8-9-17-32/h15-16,20-22,26H,6-14,17-19,32H2,1-5H3,(H,35,43)(H,36,42)(H,44,45)(H3,33,34,46)/t21-,22-,26-/m0/s1. The minimum Gasteiger partial charge on any atom is -0.480 e. The molecule has 0 unspecified atom stereocenters. The molecule has 260 valence electrons. The maximum atomic E-state index is 13.9. The van der Waals surface area contributed by atoms with Crippen LogP contribution in [0.2, 0.25) is 0 Å². The molecule has 0 spiro atoms. The Morgan fingerprint density at radius 2 is 1.46 bits per heavy atom. The summed E-state index contributed by atoms with van der Waals surface area (Å²) in [6, 6.07) is -4.04. The first-order valence-electron chi connectivity index (χ1n) is 15.9. The molecule has 0 fully saturated rings. The third kappa shape index (κ3) is 13.5. The smallest absolute Gasteiger partial charge is 0.326 e. The van der Waals surface area contributed by atoms with Gasteiger partial charge in [0.1, 0.15) is 18.1 Å². The number of hydrogen-bond acceptors (Lipinski definition) is 8. The van der Waals surface area contributed by atoms with Crippen LogP contribution < -0.4 is 27.4 Å². The van der Waals surface area contributed by atoms with Gasteiger partial charge in [-0.25, -0.2) is 9.59 Å². The third-order valence-corrected chi connectivity index (χ3v) is 7.51. The Hall–Kier alpha value is -4.01. The molecule has 8 N–H and O–H groups in total. The monoisotopic (exact) mass is 651 g/mol. The second-order valence-electron chi connectivity index (χ2n) is 12.8. The summed E-state index contributed by atoms with van der Waals surface area (Å²) in [5.41, 5.74) is 9.87. The summed E-state index contributed by atoms with van der Waals surface area (Å²) >= 11 is 0. The van der Waals surface area contributed by atoms with Crippen molar-refractivity contribution in [3.8, 4) is 0 Å². The molecule has 1 aliphatic rings. The van der Waals surface area contributed by atoms with E-state index in [1.165, 1.54) is 17.1 Å². The lowest BCUT2D eigenvalue weighted by molar-refractivity contribution is -0.149. The van der Waals surface area contributed by atoms with E-state index < -0.39 is 47.5 Å². The van der Waals surface area contributed by atoms with Gasteiger partial charge in [0.25, 0.3) is 11.8 Å². The summed E-state index contributed by atoms with van der Waals surface area (Å²) in [5, 5.41) is 17.3. The fourth-order valence-electron chi connectivity index (χ4n) is 5.23. The number of hydrogen-bond donors (Lipinski definition) is 6. The number of nitrogens with zero attached hydrogens (tertiary/aromatic N) is 2. The number of carboxylic acids is 1. The Bertz CT molecular complexity index is 1100. The number of carbonyl (C=O) groups is 7. The first-order valence-corrected chi connectivity index (χ1v) is 15.9. The number of urea groups is 1. The number of carbonyl (C=O) groups excluding carboxylic acids is 6. The Morgan fingerprint density at radius 1 is 0.870 bits per heavy atom. The zero-order valence-corrected chi connectivity index (χ0v) is 27.8. The van der Waals surface area contributed by atoms with Crippen molar-refractivity contribution >= 4 is 41.5 Å². The van der Waals surface area contributed by atoms with Crippen molar-refractivity contribution in [3.63, 3.8) is 0 Å². The fraction of sp³-hybridized carbons (Fsp3) is 0.710. The summed E-state index contributed by atoms with van der Waals surface area (Å²) in [4.78, 5) is 89.9. The van der Waals surface area contributed by atoms with Gasteiger partial charge in [0.15, 0.2) is 0 Å². The number of amides is 7. The number of aliphatic carboxylic acids is 1. The molecule has 0 aromatic carbocycles. The highest BCUT2D eigenvalue weighted by Crippen LogP contribution is 2.25. The van der Waals surface area contributed by atoms with Gasteiger partial charge in [-0.05, 0) is 78.2 Å². The van der Waals surface area contributed by atoms with Gasteiger partial charge in [-0.2, -0.15) is 0 Å². The van der Waals surface area contributed by atoms with Crippen molar-refractivity contribution in [2.24, 2.45) is 17.4 Å². The maximum Gasteiger partial charge on any atom is 0.326 e. The van der Waals surface area contributed by atoms with Gasteiger partial charge in [0, 0.05) is 37.2 Å². The van der Waals surface area contributed by atoms with Crippen LogP contribution in [0, 0.1) is 5.92 Å². The number of carboxylic acid groups (broad SMARTS) is 1. The van der Waals surface area contributed by atoms with Crippen LogP contribution >= 0.6 is 0 Å². The van der Waals surface area contributed by atoms with Crippen LogP contribution in [0.25, 0.3) is 0 Å². The first-order chi connectivity index (χ1) is 21.5. The molecule has 0 aromatic rings. The van der Waals surface area contributed by atoms with E-state index in [1.807, 2.05) is 20.8 Å². The highest BCUT2D eigenvalue weighted by molar-refractivity contribution is 6.12. The van der Waals surface area contributed by atoms with Crippen molar-refractivity contribution < 1.29 is 38.7 Å². The average Bonchev–Trinajstić information content (AvgIpc) is 3.27. The van der Waals surface area contributed by atoms with E-state index >= 15 is 0 Å². The van der Waals surface area contributed by atoms with E-state index in [2.05, 4.69) is 16.0 Å². The van der Waals surface area contributed by atoms with Gasteiger partial charge in [-0.15, -0.1) is 0 Å². The van der Waals surface area contributed by atoms with Gasteiger partial charge in [0.2, 0.25) is 17.7 Å². The van der Waals surface area contributed by atoms with Crippen LogP contribution in [-0.4, -0.2) is 99.7 Å². The Morgan fingerprint density at radius 3 is 1.98 bits per heavy atom. The van der Waals surface area contributed by atoms with Crippen molar-refractivity contribution in [3.05, 3.63) is 12.2 Å². The Kier molecular flexibility index (Phi) is 17.0. The topological polar surface area (TPSA) is 234 Å². The summed E-state index contributed by atoms with van der Waals surface area (Å²) in [7, 11) is 0. The molecule has 0 radical (unpaired) electrons. The summed E-state index contributed by atoms with van der Waals surface area (Å²) < 4.78 is 0. The molecule has 0 aromatic heterocycles. The molecule has 1 heterocycles. The zero-order chi connectivity index (χ0) is 35.0. The van der Waals surface area contributed by atoms with Crippen LogP contribution in [0.3, 0.4) is 0 Å². The highest BCUT2D eigenvalue weighted by Gasteiger charge is 2.40. The predicted octanol–water partition coefficient (Wildman–Crippen LogP) is 0.755. The van der Waals surface area contributed by atoms with E-state index in [4.69, 9.17) is 11.5 Å². The minimum absolute atomic E-state index is 0.0683. The second kappa shape index (κ2) is 19.5. The van der Waals surface area contributed by atoms with Crippen LogP contribution in [0.1, 0.15) is 92.4 Å². The Balaban J connectivity index is 3.06. The van der Waals surface area contributed by atoms with Gasteiger partial charge >= 0.3 is 12.0 Å². The number of imide groups is 1. The number of primary amides is 1. The maximum absolute atomic E-state index is 13.9. The van der Waals surface area contributed by atoms with Crippen molar-refractivity contribution in [1.29, 1.82) is 0 Å². The van der Waals surface area contributed by atoms with Gasteiger partial charge in [-0.3, -0.25) is 28.9 Å². The molecule has 7 amide bonds. The van der Waals surface area contributed by atoms with E-state index in [-0.39, 0.29) is 62.4 Å². The highest BCUT2D eigenvalue weighted by atomic mass is 16.4. The van der Waals surface area contributed by atoms with Crippen LogP contribution in [0.4, 0.5) is 4.79 Å². The normalized spacial score (nSPS) is 15.0. The summed E-state index contributed by atoms with van der Waals surface area (Å²) in [6.45, 7) is 9.77. The van der Waals surface area contributed by atoms with Crippen LogP contribution in [0.15, 0.2) is 12.2 Å². The van der Waals surface area contributed by atoms with Crippen LogP contribution in [0.5, 0.6) is 0 Å². The van der Waals surface area contributed by atoms with E-state index in [0.717, 1.165) is 4.90 Å². The molecule has 15 nitrogen and oxygen atoms in total. The lowest BCUT2D eigenvalue weighted by atomic mass is 9.93. The molecule has 3 atom stereocenters. The van der Waals surface area contributed by atoms with Gasteiger partial charge in [0.05, 0.1) is 0 Å². The molecule has 0 bridgehead atoms. The molecule has 1 rings (SSSR count). The van der Waals surface area contributed by atoms with E-state index in [1.54, 1.807) is 13.8 Å². The SMILES string of the molecule is CC(C)[C@@H](C(=O)N[C@@H](CCCNC(N)=O)C(=O)N[C@@H](CCCCN)C(=O)O)N(C(=O)CCCCCN1C(=O)C=CC1=O)C(C)(C)C. The van der Waals surface area contributed by atoms with Crippen molar-refractivity contribution in [2.75, 3.05) is 19.6 Å². The number of unbranched alkanes of at least 4 members (excludes halogenated alkanes) is 3. The Labute approximate surface area is 271 Å². The fourth-order valence-corrected chi connectivity index (χ4v) is 5.23. The second-order valence-corrected chi connectivity index (χ2v) is 12.8. The molecular weight excluding hydrogens is 598 g/mol. The van der Waals surface area contributed by atoms with Gasteiger partial charge in [-0.1, -0.05) is 20.3 Å². The first kappa shape index (κ1) is 40.0. The molecule has 1 aliphatic heterocycles. The molecular formula is C31H53N7O8. The molecule has 0 saturated heterocycles. The predicted molar refractivity (Wildman–Crippen MR) is 171 cm³/mol. The van der Waals surface area contributed by atoms with E-state index in [0.29, 0.717) is 38.6 Å². The molecule has 15 heteroatoms. The number of nitrogens with two attached hydrogens (primary N) is 2. The lowest BCUT2D eigenvalue weighted by Crippen LogP contribution is -2.61. The quantitative estimate of drug-likeness (QED) is 0.0758. The minimum atomic E-state index is -1.22. The molecule has 46 heavy (non-hydrogen) atoms. The molecule has 0 aliphatic carbocycles. The van der Waals surface area contributed by atoms with E-state index in [9.17, 15) is 38.7 Å². The number of rotatable bonds is 21. The zero-order valence-electron chi connectivity index (χ0n) is 27.8.